The van der Waals surface area contributed by atoms with Crippen LogP contribution in [0.5, 0.6) is 0 Å². The molecular formula is C18H16N4O2. The number of esters is 1. The fourth-order valence-electron chi connectivity index (χ4n) is 2.86. The van der Waals surface area contributed by atoms with Gasteiger partial charge in [-0.15, -0.1) is 0 Å². The minimum atomic E-state index is -0.701. The lowest BCUT2D eigenvalue weighted by Gasteiger charge is -2.40. The Kier molecular flexibility index (Phi) is 3.37. The lowest BCUT2D eigenvalue weighted by Crippen LogP contribution is -2.44. The first-order chi connectivity index (χ1) is 11.7. The van der Waals surface area contributed by atoms with Crippen molar-refractivity contribution in [1.29, 1.82) is 0 Å². The maximum absolute atomic E-state index is 11.6. The first-order valence-electron chi connectivity index (χ1n) is 7.83. The summed E-state index contributed by atoms with van der Waals surface area (Å²) in [6, 6.07) is 7.72. The lowest BCUT2D eigenvalue weighted by atomic mass is 9.88. The maximum Gasteiger partial charge on any atom is 0.332 e. The summed E-state index contributed by atoms with van der Waals surface area (Å²) in [7, 11) is 0. The molecule has 1 saturated carbocycles. The van der Waals surface area contributed by atoms with Crippen LogP contribution in [0.1, 0.15) is 19.3 Å². The highest BCUT2D eigenvalue weighted by Crippen LogP contribution is 2.40. The number of carbonyl (C=O) groups is 1. The normalized spacial score (nSPS) is 15.7. The molecule has 0 amide bonds. The largest absolute Gasteiger partial charge is 0.434 e. The van der Waals surface area contributed by atoms with Crippen molar-refractivity contribution < 1.29 is 9.53 Å². The zero-order valence-electron chi connectivity index (χ0n) is 13.1. The Morgan fingerprint density at radius 3 is 2.75 bits per heavy atom. The number of hydrogen-bond acceptors (Lipinski definition) is 5. The molecule has 120 valence electrons. The maximum atomic E-state index is 11.6. The number of benzene rings is 1. The lowest BCUT2D eigenvalue weighted by molar-refractivity contribution is -0.186. The molecule has 0 saturated heterocycles. The van der Waals surface area contributed by atoms with Crippen LogP contribution < -0.4 is 0 Å². The van der Waals surface area contributed by atoms with E-state index < -0.39 is 11.7 Å². The molecule has 1 fully saturated rings. The van der Waals surface area contributed by atoms with Crippen LogP contribution in [-0.4, -0.2) is 25.7 Å². The van der Waals surface area contributed by atoms with Gasteiger partial charge in [0.1, 0.15) is 0 Å². The van der Waals surface area contributed by atoms with Gasteiger partial charge >= 0.3 is 5.97 Å². The molecule has 0 N–H and O–H groups in total. The standard InChI is InChI=1S/C18H16N4O2/c1-2-17(23)24-18(8-5-9-18)22-12-13(10-20-22)16-11-19-14-6-3-4-7-15(14)21-16/h2-4,6-7,10-12H,1,5,8-9H2. The highest BCUT2D eigenvalue weighted by atomic mass is 16.6. The molecule has 3 aromatic rings. The van der Waals surface area contributed by atoms with Crippen molar-refractivity contribution in [2.24, 2.45) is 0 Å². The number of para-hydroxylation sites is 2. The zero-order chi connectivity index (χ0) is 16.6. The fourth-order valence-corrected chi connectivity index (χ4v) is 2.86. The molecule has 0 radical (unpaired) electrons. The molecule has 6 nitrogen and oxygen atoms in total. The Morgan fingerprint density at radius 2 is 2.04 bits per heavy atom. The van der Waals surface area contributed by atoms with Crippen LogP contribution in [0.2, 0.25) is 0 Å². The second-order valence-electron chi connectivity index (χ2n) is 5.84. The van der Waals surface area contributed by atoms with Crippen molar-refractivity contribution in [1.82, 2.24) is 19.7 Å². The summed E-state index contributed by atoms with van der Waals surface area (Å²) < 4.78 is 7.25. The molecule has 4 rings (SSSR count). The van der Waals surface area contributed by atoms with E-state index in [4.69, 9.17) is 4.74 Å². The number of rotatable bonds is 4. The van der Waals surface area contributed by atoms with Crippen LogP contribution in [-0.2, 0) is 15.3 Å². The molecule has 0 bridgehead atoms. The fraction of sp³-hybridized carbons (Fsp3) is 0.222. The van der Waals surface area contributed by atoms with E-state index in [2.05, 4.69) is 21.6 Å². The molecule has 1 aliphatic carbocycles. The Balaban J connectivity index is 1.68. The number of ether oxygens (including phenoxy) is 1. The van der Waals surface area contributed by atoms with Crippen molar-refractivity contribution in [3.05, 3.63) is 55.5 Å². The van der Waals surface area contributed by atoms with E-state index in [0.717, 1.165) is 41.6 Å². The summed E-state index contributed by atoms with van der Waals surface area (Å²) in [5.41, 5.74) is 2.57. The topological polar surface area (TPSA) is 69.9 Å². The SMILES string of the molecule is C=CC(=O)OC1(n2cc(-c3cnc4ccccc4n3)cn2)CCC1. The van der Waals surface area contributed by atoms with Gasteiger partial charge in [-0.1, -0.05) is 18.7 Å². The summed E-state index contributed by atoms with van der Waals surface area (Å²) >= 11 is 0. The minimum absolute atomic E-state index is 0.433. The quantitative estimate of drug-likeness (QED) is 0.546. The number of nitrogens with zero attached hydrogens (tertiary/aromatic N) is 4. The third kappa shape index (κ3) is 2.36. The predicted octanol–water partition coefficient (Wildman–Crippen LogP) is 3.06. The van der Waals surface area contributed by atoms with Crippen LogP contribution in [0.3, 0.4) is 0 Å². The average Bonchev–Trinajstić information content (AvgIpc) is 3.07. The zero-order valence-corrected chi connectivity index (χ0v) is 13.1. The van der Waals surface area contributed by atoms with Gasteiger partial charge in [-0.25, -0.2) is 14.5 Å². The monoisotopic (exact) mass is 320 g/mol. The number of hydrogen-bond donors (Lipinski definition) is 0. The van der Waals surface area contributed by atoms with Gasteiger partial charge in [0, 0.05) is 30.7 Å². The van der Waals surface area contributed by atoms with Crippen molar-refractivity contribution in [2.75, 3.05) is 0 Å². The second-order valence-corrected chi connectivity index (χ2v) is 5.84. The summed E-state index contributed by atoms with van der Waals surface area (Å²) in [5.74, 6) is -0.433. The second kappa shape index (κ2) is 5.56. The van der Waals surface area contributed by atoms with Gasteiger partial charge in [0.15, 0.2) is 0 Å². The van der Waals surface area contributed by atoms with E-state index >= 15 is 0 Å². The summed E-state index contributed by atoms with van der Waals surface area (Å²) in [5, 5.41) is 4.39. The van der Waals surface area contributed by atoms with Crippen LogP contribution in [0.25, 0.3) is 22.3 Å². The number of aromatic nitrogens is 4. The molecular weight excluding hydrogens is 304 g/mol. The Bertz CT molecular complexity index is 927. The first-order valence-corrected chi connectivity index (χ1v) is 7.83. The highest BCUT2D eigenvalue weighted by molar-refractivity contribution is 5.81. The van der Waals surface area contributed by atoms with Crippen molar-refractivity contribution in [3.63, 3.8) is 0 Å². The van der Waals surface area contributed by atoms with Gasteiger partial charge in [0.05, 0.1) is 29.1 Å². The van der Waals surface area contributed by atoms with Gasteiger partial charge < -0.3 is 4.74 Å². The molecule has 1 aliphatic rings. The van der Waals surface area contributed by atoms with Crippen LogP contribution >= 0.6 is 0 Å². The minimum Gasteiger partial charge on any atom is -0.434 e. The average molecular weight is 320 g/mol. The summed E-state index contributed by atoms with van der Waals surface area (Å²) in [6.07, 6.45) is 8.98. The van der Waals surface area contributed by atoms with Crippen molar-refractivity contribution in [2.45, 2.75) is 25.0 Å². The van der Waals surface area contributed by atoms with Crippen molar-refractivity contribution in [3.8, 4) is 11.3 Å². The number of fused-ring (bicyclic) bond motifs is 1. The Labute approximate surface area is 138 Å². The summed E-state index contributed by atoms with van der Waals surface area (Å²) in [4.78, 5) is 20.7. The molecule has 0 spiro atoms. The highest BCUT2D eigenvalue weighted by Gasteiger charge is 2.43. The molecule has 2 heterocycles. The molecule has 1 aromatic carbocycles. The van der Waals surface area contributed by atoms with E-state index in [-0.39, 0.29) is 0 Å². The first kappa shape index (κ1) is 14.6. The van der Waals surface area contributed by atoms with Gasteiger partial charge in [0.25, 0.3) is 0 Å². The third-order valence-corrected chi connectivity index (χ3v) is 4.34. The van der Waals surface area contributed by atoms with Crippen LogP contribution in [0, 0.1) is 0 Å². The van der Waals surface area contributed by atoms with Gasteiger partial charge in [-0.05, 0) is 18.6 Å². The molecule has 24 heavy (non-hydrogen) atoms. The molecule has 2 aromatic heterocycles. The molecule has 0 aliphatic heterocycles. The molecule has 0 unspecified atom stereocenters. The van der Waals surface area contributed by atoms with Crippen molar-refractivity contribution >= 4 is 17.0 Å². The van der Waals surface area contributed by atoms with Crippen LogP contribution in [0.15, 0.2) is 55.5 Å². The smallest absolute Gasteiger partial charge is 0.332 e. The van der Waals surface area contributed by atoms with E-state index in [0.29, 0.717) is 0 Å². The molecule has 6 heteroatoms. The van der Waals surface area contributed by atoms with E-state index in [9.17, 15) is 4.79 Å². The molecule has 0 atom stereocenters. The third-order valence-electron chi connectivity index (χ3n) is 4.34. The van der Waals surface area contributed by atoms with E-state index in [1.54, 1.807) is 17.1 Å². The van der Waals surface area contributed by atoms with E-state index in [1.807, 2.05) is 30.5 Å². The number of carbonyl (C=O) groups excluding carboxylic acids is 1. The van der Waals surface area contributed by atoms with Gasteiger partial charge in [-0.3, -0.25) is 4.98 Å². The Hall–Kier alpha value is -3.02. The summed E-state index contributed by atoms with van der Waals surface area (Å²) in [6.45, 7) is 3.46. The van der Waals surface area contributed by atoms with Gasteiger partial charge in [0.2, 0.25) is 5.72 Å². The van der Waals surface area contributed by atoms with E-state index in [1.165, 1.54) is 6.08 Å². The predicted molar refractivity (Wildman–Crippen MR) is 88.9 cm³/mol. The van der Waals surface area contributed by atoms with Gasteiger partial charge in [-0.2, -0.15) is 5.10 Å². The van der Waals surface area contributed by atoms with Crippen LogP contribution in [0.4, 0.5) is 0 Å². The Morgan fingerprint density at radius 1 is 1.25 bits per heavy atom.